The summed E-state index contributed by atoms with van der Waals surface area (Å²) in [5, 5.41) is 11.9. The van der Waals surface area contributed by atoms with Crippen molar-refractivity contribution in [3.63, 3.8) is 0 Å². The molecule has 9 heteroatoms. The van der Waals surface area contributed by atoms with Crippen LogP contribution < -0.4 is 19.7 Å². The normalized spacial score (nSPS) is 15.3. The molecule has 4 rings (SSSR count). The van der Waals surface area contributed by atoms with Crippen LogP contribution in [0.25, 0.3) is 0 Å². The van der Waals surface area contributed by atoms with Crippen LogP contribution in [0.15, 0.2) is 54.9 Å². The number of nitrogens with zero attached hydrogens (tertiary/aromatic N) is 3. The predicted octanol–water partition coefficient (Wildman–Crippen LogP) is 3.86. The number of hydrogen-bond donors (Lipinski definition) is 2. The average Bonchev–Trinajstić information content (AvgIpc) is 2.89. The first-order valence-corrected chi connectivity index (χ1v) is 12.0. The Kier molecular flexibility index (Phi) is 7.99. The Morgan fingerprint density at radius 1 is 1.11 bits per heavy atom. The smallest absolute Gasteiger partial charge is 0.335 e. The van der Waals surface area contributed by atoms with Crippen LogP contribution in [-0.2, 0) is 6.54 Å². The van der Waals surface area contributed by atoms with E-state index in [0.717, 1.165) is 42.0 Å². The Morgan fingerprint density at radius 2 is 1.86 bits per heavy atom. The third-order valence-corrected chi connectivity index (χ3v) is 6.03. The zero-order valence-corrected chi connectivity index (χ0v) is 20.4. The number of aromatic carboxylic acids is 1. The van der Waals surface area contributed by atoms with Gasteiger partial charge in [0.2, 0.25) is 5.95 Å². The molecule has 1 fully saturated rings. The summed E-state index contributed by atoms with van der Waals surface area (Å²) in [6, 6.07) is 12.5. The maximum absolute atomic E-state index is 12.6. The van der Waals surface area contributed by atoms with Gasteiger partial charge in [-0.25, -0.2) is 14.8 Å². The van der Waals surface area contributed by atoms with Gasteiger partial charge in [0.15, 0.2) is 11.5 Å². The largest absolute Gasteiger partial charge is 0.490 e. The van der Waals surface area contributed by atoms with Gasteiger partial charge in [0.05, 0.1) is 24.3 Å². The predicted molar refractivity (Wildman–Crippen MR) is 135 cm³/mol. The molecule has 2 aromatic carbocycles. The Bertz CT molecular complexity index is 1220. The molecule has 0 bridgehead atoms. The number of aromatic nitrogens is 2. The molecule has 0 saturated carbocycles. The number of amides is 1. The van der Waals surface area contributed by atoms with Gasteiger partial charge in [-0.05, 0) is 62.1 Å². The van der Waals surface area contributed by atoms with Crippen molar-refractivity contribution in [2.75, 3.05) is 24.6 Å². The molecule has 1 atom stereocenters. The number of carbonyl (C=O) groups is 2. The molecule has 36 heavy (non-hydrogen) atoms. The van der Waals surface area contributed by atoms with Crippen molar-refractivity contribution < 1.29 is 24.2 Å². The number of ether oxygens (including phenoxy) is 2. The minimum absolute atomic E-state index is 0.0253. The van der Waals surface area contributed by atoms with Crippen molar-refractivity contribution in [3.05, 3.63) is 77.1 Å². The van der Waals surface area contributed by atoms with Crippen LogP contribution >= 0.6 is 0 Å². The lowest BCUT2D eigenvalue weighted by atomic mass is 10.1. The number of carbonyl (C=O) groups excluding carboxylic acids is 1. The fourth-order valence-electron chi connectivity index (χ4n) is 4.12. The number of benzene rings is 2. The van der Waals surface area contributed by atoms with E-state index in [1.165, 1.54) is 18.5 Å². The van der Waals surface area contributed by atoms with E-state index in [2.05, 4.69) is 20.2 Å². The molecular formula is C27H30N4O5. The van der Waals surface area contributed by atoms with Gasteiger partial charge in [-0.3, -0.25) is 4.79 Å². The monoisotopic (exact) mass is 490 g/mol. The van der Waals surface area contributed by atoms with Crippen LogP contribution in [0, 0.1) is 6.92 Å². The molecule has 1 unspecified atom stereocenters. The summed E-state index contributed by atoms with van der Waals surface area (Å²) < 4.78 is 11.9. The Hall–Kier alpha value is -4.14. The van der Waals surface area contributed by atoms with E-state index in [9.17, 15) is 9.59 Å². The van der Waals surface area contributed by atoms with Crippen LogP contribution in [0.5, 0.6) is 11.5 Å². The van der Waals surface area contributed by atoms with Crippen LogP contribution in [0.3, 0.4) is 0 Å². The van der Waals surface area contributed by atoms with E-state index in [-0.39, 0.29) is 24.1 Å². The summed E-state index contributed by atoms with van der Waals surface area (Å²) in [4.78, 5) is 34.6. The number of anilines is 1. The van der Waals surface area contributed by atoms with E-state index < -0.39 is 5.97 Å². The third kappa shape index (κ3) is 6.10. The SMILES string of the molecule is CCOc1ccccc1OC1CCCN(c2ncc(C(=O)NCc3ccc(C(=O)O)cc3C)cn2)C1. The summed E-state index contributed by atoms with van der Waals surface area (Å²) >= 11 is 0. The van der Waals surface area contributed by atoms with E-state index in [4.69, 9.17) is 14.6 Å². The van der Waals surface area contributed by atoms with E-state index >= 15 is 0 Å². The van der Waals surface area contributed by atoms with Crippen molar-refractivity contribution in [2.45, 2.75) is 39.3 Å². The number of para-hydroxylation sites is 2. The van der Waals surface area contributed by atoms with Crippen molar-refractivity contribution in [1.82, 2.24) is 15.3 Å². The molecule has 0 radical (unpaired) electrons. The molecule has 3 aromatic rings. The highest BCUT2D eigenvalue weighted by atomic mass is 16.5. The quantitative estimate of drug-likeness (QED) is 0.465. The molecular weight excluding hydrogens is 460 g/mol. The second-order valence-electron chi connectivity index (χ2n) is 8.61. The van der Waals surface area contributed by atoms with Gasteiger partial charge in [-0.15, -0.1) is 0 Å². The molecule has 2 heterocycles. The Labute approximate surface area is 210 Å². The van der Waals surface area contributed by atoms with Crippen LogP contribution in [0.1, 0.15) is 51.6 Å². The second kappa shape index (κ2) is 11.5. The number of rotatable bonds is 9. The summed E-state index contributed by atoms with van der Waals surface area (Å²) in [6.07, 6.45) is 4.87. The molecule has 0 aliphatic carbocycles. The first-order valence-electron chi connectivity index (χ1n) is 12.0. The van der Waals surface area contributed by atoms with Crippen LogP contribution in [0.2, 0.25) is 0 Å². The van der Waals surface area contributed by atoms with Gasteiger partial charge in [0, 0.05) is 25.5 Å². The van der Waals surface area contributed by atoms with E-state index in [1.807, 2.05) is 38.1 Å². The first kappa shape index (κ1) is 25.0. The summed E-state index contributed by atoms with van der Waals surface area (Å²) in [6.45, 7) is 6.06. The molecule has 1 amide bonds. The summed E-state index contributed by atoms with van der Waals surface area (Å²) in [5.41, 5.74) is 2.22. The summed E-state index contributed by atoms with van der Waals surface area (Å²) in [5.74, 6) is 0.741. The average molecular weight is 491 g/mol. The first-order chi connectivity index (χ1) is 17.4. The minimum atomic E-state index is -0.979. The number of piperidine rings is 1. The Balaban J connectivity index is 1.34. The summed E-state index contributed by atoms with van der Waals surface area (Å²) in [7, 11) is 0. The number of hydrogen-bond acceptors (Lipinski definition) is 7. The lowest BCUT2D eigenvalue weighted by molar-refractivity contribution is 0.0696. The van der Waals surface area contributed by atoms with Gasteiger partial charge < -0.3 is 24.8 Å². The highest BCUT2D eigenvalue weighted by Gasteiger charge is 2.24. The van der Waals surface area contributed by atoms with Crippen molar-refractivity contribution in [2.24, 2.45) is 0 Å². The van der Waals surface area contributed by atoms with Crippen molar-refractivity contribution in [3.8, 4) is 11.5 Å². The standard InChI is InChI=1S/C27H30N4O5/c1-3-35-23-8-4-5-9-24(23)36-22-7-6-12-31(17-22)27-29-15-21(16-30-27)25(32)28-14-20-11-10-19(26(33)34)13-18(20)2/h4-5,8-11,13,15-16,22H,3,6-7,12,14,17H2,1-2H3,(H,28,32)(H,33,34). The molecule has 1 aliphatic rings. The van der Waals surface area contributed by atoms with Gasteiger partial charge in [-0.1, -0.05) is 18.2 Å². The van der Waals surface area contributed by atoms with Gasteiger partial charge in [0.25, 0.3) is 5.91 Å². The number of carboxylic acids is 1. The molecule has 1 saturated heterocycles. The molecule has 9 nitrogen and oxygen atoms in total. The fraction of sp³-hybridized carbons (Fsp3) is 0.333. The van der Waals surface area contributed by atoms with Crippen LogP contribution in [-0.4, -0.2) is 52.8 Å². The fourth-order valence-corrected chi connectivity index (χ4v) is 4.12. The molecule has 1 aromatic heterocycles. The molecule has 188 valence electrons. The topological polar surface area (TPSA) is 114 Å². The molecule has 1 aliphatic heterocycles. The lowest BCUT2D eigenvalue weighted by Crippen LogP contribution is -2.42. The Morgan fingerprint density at radius 3 is 2.56 bits per heavy atom. The highest BCUT2D eigenvalue weighted by Crippen LogP contribution is 2.29. The van der Waals surface area contributed by atoms with Crippen molar-refractivity contribution >= 4 is 17.8 Å². The maximum Gasteiger partial charge on any atom is 0.335 e. The third-order valence-electron chi connectivity index (χ3n) is 6.03. The van der Waals surface area contributed by atoms with Crippen LogP contribution in [0.4, 0.5) is 5.95 Å². The maximum atomic E-state index is 12.6. The minimum Gasteiger partial charge on any atom is -0.490 e. The number of carboxylic acid groups (broad SMARTS) is 1. The lowest BCUT2D eigenvalue weighted by Gasteiger charge is -2.33. The number of aryl methyl sites for hydroxylation is 1. The molecule has 2 N–H and O–H groups in total. The van der Waals surface area contributed by atoms with Crippen molar-refractivity contribution in [1.29, 1.82) is 0 Å². The second-order valence-corrected chi connectivity index (χ2v) is 8.61. The van der Waals surface area contributed by atoms with E-state index in [1.54, 1.807) is 12.1 Å². The zero-order valence-electron chi connectivity index (χ0n) is 20.4. The van der Waals surface area contributed by atoms with Gasteiger partial charge in [-0.2, -0.15) is 0 Å². The highest BCUT2D eigenvalue weighted by molar-refractivity contribution is 5.93. The van der Waals surface area contributed by atoms with Gasteiger partial charge >= 0.3 is 5.97 Å². The number of nitrogens with one attached hydrogen (secondary N) is 1. The van der Waals surface area contributed by atoms with E-state index in [0.29, 0.717) is 24.7 Å². The zero-order chi connectivity index (χ0) is 25.5. The van der Waals surface area contributed by atoms with Gasteiger partial charge in [0.1, 0.15) is 6.10 Å². The molecule has 0 spiro atoms.